The third-order valence-electron chi connectivity index (χ3n) is 3.49. The van der Waals surface area contributed by atoms with E-state index in [0.29, 0.717) is 0 Å². The number of rotatable bonds is 5. The lowest BCUT2D eigenvalue weighted by molar-refractivity contribution is 0.0475. The standard InChI is InChI=1S/C13H21NOS/c1-2-11-5-8-16-12(11)9-14-10-13(15)6-3-4-7-13/h5,8,14-15H,2-4,6-7,9-10H2,1H3. The lowest BCUT2D eigenvalue weighted by Gasteiger charge is -2.22. The zero-order valence-corrected chi connectivity index (χ0v) is 10.8. The molecule has 1 saturated carbocycles. The van der Waals surface area contributed by atoms with Gasteiger partial charge in [0.25, 0.3) is 0 Å². The van der Waals surface area contributed by atoms with Crippen LogP contribution in [0.5, 0.6) is 0 Å². The quantitative estimate of drug-likeness (QED) is 0.828. The van der Waals surface area contributed by atoms with E-state index in [-0.39, 0.29) is 0 Å². The fourth-order valence-electron chi connectivity index (χ4n) is 2.46. The topological polar surface area (TPSA) is 32.3 Å². The average molecular weight is 239 g/mol. The summed E-state index contributed by atoms with van der Waals surface area (Å²) in [5.41, 5.74) is 1.01. The molecule has 0 aliphatic heterocycles. The minimum absolute atomic E-state index is 0.427. The first-order chi connectivity index (χ1) is 7.73. The van der Waals surface area contributed by atoms with Gasteiger partial charge < -0.3 is 10.4 Å². The fraction of sp³-hybridized carbons (Fsp3) is 0.692. The van der Waals surface area contributed by atoms with Crippen molar-refractivity contribution in [1.82, 2.24) is 5.32 Å². The third-order valence-corrected chi connectivity index (χ3v) is 4.46. The van der Waals surface area contributed by atoms with E-state index in [4.69, 9.17) is 0 Å². The van der Waals surface area contributed by atoms with Gasteiger partial charge in [-0.2, -0.15) is 0 Å². The molecule has 16 heavy (non-hydrogen) atoms. The number of hydrogen-bond donors (Lipinski definition) is 2. The monoisotopic (exact) mass is 239 g/mol. The van der Waals surface area contributed by atoms with Crippen LogP contribution >= 0.6 is 11.3 Å². The second-order valence-electron chi connectivity index (χ2n) is 4.76. The molecule has 1 aromatic rings. The number of aliphatic hydroxyl groups is 1. The van der Waals surface area contributed by atoms with Gasteiger partial charge in [0.2, 0.25) is 0 Å². The van der Waals surface area contributed by atoms with Crippen molar-refractivity contribution >= 4 is 11.3 Å². The molecule has 1 heterocycles. The molecule has 1 aliphatic carbocycles. The molecule has 0 unspecified atom stereocenters. The van der Waals surface area contributed by atoms with Crippen LogP contribution in [-0.2, 0) is 13.0 Å². The lowest BCUT2D eigenvalue weighted by Crippen LogP contribution is -2.37. The summed E-state index contributed by atoms with van der Waals surface area (Å²) in [6.45, 7) is 3.84. The SMILES string of the molecule is CCc1ccsc1CNCC1(O)CCCC1. The number of thiophene rings is 1. The molecule has 0 atom stereocenters. The Morgan fingerprint density at radius 2 is 2.19 bits per heavy atom. The molecule has 1 aromatic heterocycles. The van der Waals surface area contributed by atoms with E-state index in [1.807, 2.05) is 11.3 Å². The van der Waals surface area contributed by atoms with E-state index in [9.17, 15) is 5.11 Å². The molecule has 0 bridgehead atoms. The van der Waals surface area contributed by atoms with E-state index in [1.54, 1.807) is 0 Å². The van der Waals surface area contributed by atoms with Gasteiger partial charge in [0.05, 0.1) is 5.60 Å². The van der Waals surface area contributed by atoms with Crippen LogP contribution in [-0.4, -0.2) is 17.3 Å². The van der Waals surface area contributed by atoms with Gasteiger partial charge >= 0.3 is 0 Å². The molecule has 0 spiro atoms. The van der Waals surface area contributed by atoms with Gasteiger partial charge in [0.1, 0.15) is 0 Å². The Balaban J connectivity index is 1.79. The molecule has 0 radical (unpaired) electrons. The van der Waals surface area contributed by atoms with Gasteiger partial charge in [-0.3, -0.25) is 0 Å². The summed E-state index contributed by atoms with van der Waals surface area (Å²) in [6, 6.07) is 2.20. The summed E-state index contributed by atoms with van der Waals surface area (Å²) in [4.78, 5) is 1.42. The maximum Gasteiger partial charge on any atom is 0.0771 e. The van der Waals surface area contributed by atoms with Gasteiger partial charge in [-0.15, -0.1) is 11.3 Å². The summed E-state index contributed by atoms with van der Waals surface area (Å²) in [6.07, 6.45) is 5.38. The Labute approximate surface area is 102 Å². The number of hydrogen-bond acceptors (Lipinski definition) is 3. The average Bonchev–Trinajstić information content (AvgIpc) is 2.88. The smallest absolute Gasteiger partial charge is 0.0771 e. The van der Waals surface area contributed by atoms with Crippen molar-refractivity contribution in [2.24, 2.45) is 0 Å². The van der Waals surface area contributed by atoms with Crippen LogP contribution in [0.4, 0.5) is 0 Å². The predicted octanol–water partition coefficient (Wildman–Crippen LogP) is 2.71. The first kappa shape index (κ1) is 12.1. The van der Waals surface area contributed by atoms with E-state index in [1.165, 1.54) is 23.3 Å². The maximum atomic E-state index is 10.2. The Morgan fingerprint density at radius 1 is 1.44 bits per heavy atom. The molecular weight excluding hydrogens is 218 g/mol. The highest BCUT2D eigenvalue weighted by molar-refractivity contribution is 7.10. The highest BCUT2D eigenvalue weighted by Gasteiger charge is 2.30. The van der Waals surface area contributed by atoms with Crippen LogP contribution in [0, 0.1) is 0 Å². The highest BCUT2D eigenvalue weighted by atomic mass is 32.1. The van der Waals surface area contributed by atoms with E-state index >= 15 is 0 Å². The molecule has 3 heteroatoms. The molecule has 1 fully saturated rings. The first-order valence-corrected chi connectivity index (χ1v) is 7.10. The van der Waals surface area contributed by atoms with Crippen molar-refractivity contribution in [2.75, 3.05) is 6.54 Å². The third kappa shape index (κ3) is 2.84. The number of aryl methyl sites for hydroxylation is 1. The molecule has 90 valence electrons. The largest absolute Gasteiger partial charge is 0.389 e. The van der Waals surface area contributed by atoms with E-state index in [2.05, 4.69) is 23.7 Å². The zero-order valence-electron chi connectivity index (χ0n) is 9.96. The lowest BCUT2D eigenvalue weighted by atomic mass is 10.0. The Bertz CT molecular complexity index is 328. The first-order valence-electron chi connectivity index (χ1n) is 6.22. The van der Waals surface area contributed by atoms with Crippen molar-refractivity contribution < 1.29 is 5.11 Å². The summed E-state index contributed by atoms with van der Waals surface area (Å²) in [5.74, 6) is 0. The summed E-state index contributed by atoms with van der Waals surface area (Å²) in [5, 5.41) is 15.7. The highest BCUT2D eigenvalue weighted by Crippen LogP contribution is 2.28. The molecule has 0 aromatic carbocycles. The predicted molar refractivity (Wildman–Crippen MR) is 68.8 cm³/mol. The summed E-state index contributed by atoms with van der Waals surface area (Å²) >= 11 is 1.81. The molecule has 2 rings (SSSR count). The van der Waals surface area contributed by atoms with Crippen LogP contribution in [0.1, 0.15) is 43.0 Å². The summed E-state index contributed by atoms with van der Waals surface area (Å²) in [7, 11) is 0. The van der Waals surface area contributed by atoms with Gasteiger partial charge in [0.15, 0.2) is 0 Å². The van der Waals surface area contributed by atoms with Crippen LogP contribution in [0.3, 0.4) is 0 Å². The fourth-order valence-corrected chi connectivity index (χ4v) is 3.40. The Kier molecular flexibility index (Phi) is 4.00. The minimum Gasteiger partial charge on any atom is -0.389 e. The molecule has 1 aliphatic rings. The normalized spacial score (nSPS) is 19.1. The summed E-state index contributed by atoms with van der Waals surface area (Å²) < 4.78 is 0. The van der Waals surface area contributed by atoms with E-state index < -0.39 is 5.60 Å². The van der Waals surface area contributed by atoms with Crippen molar-refractivity contribution in [3.05, 3.63) is 21.9 Å². The number of nitrogens with one attached hydrogen (secondary N) is 1. The molecule has 0 saturated heterocycles. The van der Waals surface area contributed by atoms with Gasteiger partial charge in [-0.25, -0.2) is 0 Å². The van der Waals surface area contributed by atoms with Crippen LogP contribution in [0.15, 0.2) is 11.4 Å². The molecule has 2 nitrogen and oxygen atoms in total. The Hall–Kier alpha value is -0.380. The molecular formula is C13H21NOS. The van der Waals surface area contributed by atoms with Crippen LogP contribution in [0.25, 0.3) is 0 Å². The van der Waals surface area contributed by atoms with Crippen molar-refractivity contribution in [2.45, 2.75) is 51.2 Å². The molecule has 2 N–H and O–H groups in total. The van der Waals surface area contributed by atoms with Crippen LogP contribution in [0.2, 0.25) is 0 Å². The zero-order chi connectivity index (χ0) is 11.4. The van der Waals surface area contributed by atoms with Crippen molar-refractivity contribution in [3.8, 4) is 0 Å². The van der Waals surface area contributed by atoms with Gasteiger partial charge in [-0.05, 0) is 36.3 Å². The van der Waals surface area contributed by atoms with Crippen molar-refractivity contribution in [1.29, 1.82) is 0 Å². The van der Waals surface area contributed by atoms with Gasteiger partial charge in [-0.1, -0.05) is 19.8 Å². The minimum atomic E-state index is -0.427. The van der Waals surface area contributed by atoms with Gasteiger partial charge in [0, 0.05) is 18.0 Å². The Morgan fingerprint density at radius 3 is 2.88 bits per heavy atom. The van der Waals surface area contributed by atoms with E-state index in [0.717, 1.165) is 32.4 Å². The second-order valence-corrected chi connectivity index (χ2v) is 5.76. The maximum absolute atomic E-state index is 10.2. The van der Waals surface area contributed by atoms with Crippen molar-refractivity contribution in [3.63, 3.8) is 0 Å². The molecule has 0 amide bonds. The second kappa shape index (κ2) is 5.30. The van der Waals surface area contributed by atoms with Crippen LogP contribution < -0.4 is 5.32 Å².